The van der Waals surface area contributed by atoms with Crippen LogP contribution in [0.3, 0.4) is 0 Å². The number of alkyl halides is 1. The Hall–Kier alpha value is -0.140. The van der Waals surface area contributed by atoms with Crippen LogP contribution >= 0.6 is 27.5 Å². The van der Waals surface area contributed by atoms with Gasteiger partial charge in [0.2, 0.25) is 10.0 Å². The minimum Gasteiger partial charge on any atom is -0.383 e. The van der Waals surface area contributed by atoms with Crippen molar-refractivity contribution in [3.8, 4) is 0 Å². The zero-order chi connectivity index (χ0) is 12.9. The number of rotatable bonds is 6. The molecule has 0 aliphatic heterocycles. The lowest BCUT2D eigenvalue weighted by Gasteiger charge is -2.15. The lowest BCUT2D eigenvalue weighted by molar-refractivity contribution is 0.181. The largest absolute Gasteiger partial charge is 0.383 e. The molecule has 0 amide bonds. The van der Waals surface area contributed by atoms with E-state index >= 15 is 0 Å². The number of hydrogen-bond donors (Lipinski definition) is 1. The van der Waals surface area contributed by atoms with Crippen LogP contribution in [0.25, 0.3) is 0 Å². The molecule has 0 radical (unpaired) electrons. The molecule has 0 saturated carbocycles. The molecule has 0 aliphatic rings. The van der Waals surface area contributed by atoms with E-state index in [1.165, 1.54) is 13.2 Å². The predicted molar refractivity (Wildman–Crippen MR) is 70.8 cm³/mol. The molecule has 96 valence electrons. The number of sulfonamides is 1. The van der Waals surface area contributed by atoms with Crippen LogP contribution in [0.5, 0.6) is 0 Å². The highest BCUT2D eigenvalue weighted by Gasteiger charge is 2.21. The van der Waals surface area contributed by atoms with Gasteiger partial charge in [-0.1, -0.05) is 12.1 Å². The molecule has 0 aliphatic carbocycles. The SMILES string of the molecule is COCC(CCl)NS(=O)(=O)c1ccccc1Br. The molecule has 0 spiro atoms. The zero-order valence-corrected chi connectivity index (χ0v) is 12.3. The maximum absolute atomic E-state index is 12.0. The lowest BCUT2D eigenvalue weighted by Crippen LogP contribution is -2.39. The Labute approximate surface area is 114 Å². The van der Waals surface area contributed by atoms with Gasteiger partial charge in [0.1, 0.15) is 0 Å². The number of benzene rings is 1. The predicted octanol–water partition coefficient (Wildman–Crippen LogP) is 1.98. The first-order valence-corrected chi connectivity index (χ1v) is 7.64. The van der Waals surface area contributed by atoms with Gasteiger partial charge in [-0.2, -0.15) is 0 Å². The first kappa shape index (κ1) is 14.9. The monoisotopic (exact) mass is 341 g/mol. The lowest BCUT2D eigenvalue weighted by atomic mass is 10.4. The summed E-state index contributed by atoms with van der Waals surface area (Å²) in [7, 11) is -2.09. The van der Waals surface area contributed by atoms with Crippen molar-refractivity contribution in [1.82, 2.24) is 4.72 Å². The number of methoxy groups -OCH3 is 1. The van der Waals surface area contributed by atoms with Crippen LogP contribution in [-0.2, 0) is 14.8 Å². The fourth-order valence-corrected chi connectivity index (χ4v) is 3.74. The summed E-state index contributed by atoms with van der Waals surface area (Å²) in [4.78, 5) is 0.186. The Morgan fingerprint density at radius 1 is 1.47 bits per heavy atom. The van der Waals surface area contributed by atoms with Crippen LogP contribution in [0, 0.1) is 0 Å². The van der Waals surface area contributed by atoms with E-state index in [9.17, 15) is 8.42 Å². The van der Waals surface area contributed by atoms with Crippen molar-refractivity contribution in [2.45, 2.75) is 10.9 Å². The van der Waals surface area contributed by atoms with Gasteiger partial charge in [0.05, 0.1) is 17.5 Å². The van der Waals surface area contributed by atoms with Crippen molar-refractivity contribution in [1.29, 1.82) is 0 Å². The van der Waals surface area contributed by atoms with Gasteiger partial charge in [0.15, 0.2) is 0 Å². The van der Waals surface area contributed by atoms with Gasteiger partial charge in [0.25, 0.3) is 0 Å². The van der Waals surface area contributed by atoms with Crippen molar-refractivity contribution < 1.29 is 13.2 Å². The second-order valence-electron chi connectivity index (χ2n) is 3.36. The first-order chi connectivity index (χ1) is 8.01. The Balaban J connectivity index is 2.92. The molecule has 1 aromatic rings. The molecular formula is C10H13BrClNO3S. The number of hydrogen-bond acceptors (Lipinski definition) is 3. The van der Waals surface area contributed by atoms with E-state index in [-0.39, 0.29) is 17.4 Å². The topological polar surface area (TPSA) is 55.4 Å². The molecule has 7 heteroatoms. The van der Waals surface area contributed by atoms with E-state index in [0.29, 0.717) is 4.47 Å². The molecule has 0 heterocycles. The van der Waals surface area contributed by atoms with Crippen LogP contribution in [0.1, 0.15) is 0 Å². The summed E-state index contributed by atoms with van der Waals surface area (Å²) < 4.78 is 32.0. The third kappa shape index (κ3) is 4.22. The quantitative estimate of drug-likeness (QED) is 0.804. The molecule has 0 aromatic heterocycles. The van der Waals surface area contributed by atoms with Crippen LogP contribution in [0.2, 0.25) is 0 Å². The van der Waals surface area contributed by atoms with E-state index in [2.05, 4.69) is 20.7 Å². The van der Waals surface area contributed by atoms with Gasteiger partial charge < -0.3 is 4.74 Å². The summed E-state index contributed by atoms with van der Waals surface area (Å²) in [5, 5.41) is 0. The van der Waals surface area contributed by atoms with Crippen LogP contribution in [0.15, 0.2) is 33.6 Å². The Bertz CT molecular complexity index is 466. The molecule has 1 rings (SSSR count). The highest BCUT2D eigenvalue weighted by molar-refractivity contribution is 9.10. The highest BCUT2D eigenvalue weighted by atomic mass is 79.9. The molecular weight excluding hydrogens is 330 g/mol. The Morgan fingerprint density at radius 3 is 2.65 bits per heavy atom. The van der Waals surface area contributed by atoms with Gasteiger partial charge in [-0.3, -0.25) is 0 Å². The summed E-state index contributed by atoms with van der Waals surface area (Å²) in [6.07, 6.45) is 0. The highest BCUT2D eigenvalue weighted by Crippen LogP contribution is 2.21. The van der Waals surface area contributed by atoms with Crippen LogP contribution in [-0.4, -0.2) is 34.1 Å². The summed E-state index contributed by atoms with van der Waals surface area (Å²) in [5.41, 5.74) is 0. The van der Waals surface area contributed by atoms with E-state index in [1.54, 1.807) is 18.2 Å². The summed E-state index contributed by atoms with van der Waals surface area (Å²) >= 11 is 8.86. The van der Waals surface area contributed by atoms with E-state index in [0.717, 1.165) is 0 Å². The van der Waals surface area contributed by atoms with Crippen molar-refractivity contribution >= 4 is 37.6 Å². The molecule has 0 saturated heterocycles. The normalized spacial score (nSPS) is 13.6. The molecule has 1 atom stereocenters. The third-order valence-electron chi connectivity index (χ3n) is 2.00. The van der Waals surface area contributed by atoms with E-state index in [1.807, 2.05) is 0 Å². The second-order valence-corrected chi connectivity index (χ2v) is 6.20. The Kier molecular flexibility index (Phi) is 5.88. The fraction of sp³-hybridized carbons (Fsp3) is 0.400. The van der Waals surface area contributed by atoms with E-state index in [4.69, 9.17) is 16.3 Å². The Morgan fingerprint density at radius 2 is 2.12 bits per heavy atom. The summed E-state index contributed by atoms with van der Waals surface area (Å²) in [6.45, 7) is 0.229. The smallest absolute Gasteiger partial charge is 0.242 e. The molecule has 4 nitrogen and oxygen atoms in total. The molecule has 1 N–H and O–H groups in total. The van der Waals surface area contributed by atoms with Crippen LogP contribution in [0.4, 0.5) is 0 Å². The van der Waals surface area contributed by atoms with Crippen molar-refractivity contribution in [2.24, 2.45) is 0 Å². The summed E-state index contributed by atoms with van der Waals surface area (Å²) in [6, 6.07) is 6.15. The van der Waals surface area contributed by atoms with Gasteiger partial charge in [-0.25, -0.2) is 13.1 Å². The molecule has 0 bridgehead atoms. The standard InChI is InChI=1S/C10H13BrClNO3S/c1-16-7-8(6-12)13-17(14,15)10-5-3-2-4-9(10)11/h2-5,8,13H,6-7H2,1H3. The minimum absolute atomic E-state index is 0.150. The third-order valence-corrected chi connectivity index (χ3v) is 4.91. The maximum Gasteiger partial charge on any atom is 0.242 e. The van der Waals surface area contributed by atoms with Gasteiger partial charge in [-0.05, 0) is 28.1 Å². The van der Waals surface area contributed by atoms with E-state index < -0.39 is 16.1 Å². The van der Waals surface area contributed by atoms with Crippen LogP contribution < -0.4 is 4.72 Å². The van der Waals surface area contributed by atoms with Crippen molar-refractivity contribution in [2.75, 3.05) is 19.6 Å². The number of nitrogens with one attached hydrogen (secondary N) is 1. The molecule has 17 heavy (non-hydrogen) atoms. The maximum atomic E-state index is 12.0. The van der Waals surface area contributed by atoms with Gasteiger partial charge in [-0.15, -0.1) is 11.6 Å². The van der Waals surface area contributed by atoms with Crippen molar-refractivity contribution in [3.05, 3.63) is 28.7 Å². The van der Waals surface area contributed by atoms with Gasteiger partial charge >= 0.3 is 0 Å². The first-order valence-electron chi connectivity index (χ1n) is 4.83. The minimum atomic E-state index is -3.59. The molecule has 1 aromatic carbocycles. The fourth-order valence-electron chi connectivity index (χ4n) is 1.26. The molecule has 1 unspecified atom stereocenters. The zero-order valence-electron chi connectivity index (χ0n) is 9.19. The number of ether oxygens (including phenoxy) is 1. The van der Waals surface area contributed by atoms with Crippen molar-refractivity contribution in [3.63, 3.8) is 0 Å². The second kappa shape index (κ2) is 6.70. The summed E-state index contributed by atoms with van der Waals surface area (Å²) in [5.74, 6) is 0.150. The average Bonchev–Trinajstić information content (AvgIpc) is 2.28. The number of halogens is 2. The average molecular weight is 343 g/mol. The van der Waals surface area contributed by atoms with Gasteiger partial charge in [0, 0.05) is 17.5 Å². The molecule has 0 fully saturated rings.